The molecule has 3 nitrogen and oxygen atoms in total. The van der Waals surface area contributed by atoms with Gasteiger partial charge in [-0.1, -0.05) is 42.5 Å². The van der Waals surface area contributed by atoms with Gasteiger partial charge in [-0.3, -0.25) is 10.8 Å². The van der Waals surface area contributed by atoms with Gasteiger partial charge in [0.2, 0.25) is 0 Å². The number of benzene rings is 2. The first kappa shape index (κ1) is 10.7. The number of hydrogen-bond acceptors (Lipinski definition) is 3. The van der Waals surface area contributed by atoms with Gasteiger partial charge in [0.25, 0.3) is 0 Å². The quantitative estimate of drug-likeness (QED) is 0.530. The highest BCUT2D eigenvalue weighted by atomic mass is 15.2. The van der Waals surface area contributed by atoms with Crippen LogP contribution in [0.4, 0.5) is 5.69 Å². The number of nitrogen functional groups attached to an aromatic ring is 1. The van der Waals surface area contributed by atoms with Gasteiger partial charge in [0.05, 0.1) is 11.4 Å². The lowest BCUT2D eigenvalue weighted by atomic mass is 10.0. The summed E-state index contributed by atoms with van der Waals surface area (Å²) < 4.78 is 0. The van der Waals surface area contributed by atoms with Gasteiger partial charge in [0, 0.05) is 11.8 Å². The van der Waals surface area contributed by atoms with Gasteiger partial charge in [0.1, 0.15) is 0 Å². The van der Waals surface area contributed by atoms with E-state index in [2.05, 4.69) is 34.7 Å². The Morgan fingerprint density at radius 3 is 2.67 bits per heavy atom. The smallest absolute Gasteiger partial charge is 0.0729 e. The van der Waals surface area contributed by atoms with Crippen molar-refractivity contribution < 1.29 is 0 Å². The molecule has 0 atom stereocenters. The molecule has 0 unspecified atom stereocenters. The van der Waals surface area contributed by atoms with Gasteiger partial charge in [0.15, 0.2) is 0 Å². The Hall–Kier alpha value is -2.39. The van der Waals surface area contributed by atoms with Crippen LogP contribution in [-0.4, -0.2) is 4.98 Å². The summed E-state index contributed by atoms with van der Waals surface area (Å²) in [6.07, 6.45) is 1.76. The number of nitrogens with two attached hydrogens (primary N) is 1. The van der Waals surface area contributed by atoms with E-state index < -0.39 is 0 Å². The molecule has 0 saturated carbocycles. The second-order valence-corrected chi connectivity index (χ2v) is 4.10. The SMILES string of the molecule is NNc1ccnc(-c2cccc3ccccc23)c1. The molecule has 1 aromatic heterocycles. The van der Waals surface area contributed by atoms with Crippen LogP contribution < -0.4 is 11.3 Å². The Kier molecular flexibility index (Phi) is 2.67. The van der Waals surface area contributed by atoms with Crippen molar-refractivity contribution in [3.63, 3.8) is 0 Å². The average molecular weight is 235 g/mol. The van der Waals surface area contributed by atoms with Crippen molar-refractivity contribution in [3.05, 3.63) is 60.8 Å². The predicted octanol–water partition coefficient (Wildman–Crippen LogP) is 3.19. The molecule has 1 heterocycles. The number of nitrogens with one attached hydrogen (secondary N) is 1. The van der Waals surface area contributed by atoms with Crippen LogP contribution in [0.25, 0.3) is 22.0 Å². The lowest BCUT2D eigenvalue weighted by Crippen LogP contribution is -2.06. The van der Waals surface area contributed by atoms with E-state index in [9.17, 15) is 0 Å². The normalized spacial score (nSPS) is 10.5. The lowest BCUT2D eigenvalue weighted by molar-refractivity contribution is 1.29. The van der Waals surface area contributed by atoms with Gasteiger partial charge < -0.3 is 5.43 Å². The molecule has 18 heavy (non-hydrogen) atoms. The predicted molar refractivity (Wildman–Crippen MR) is 75.0 cm³/mol. The molecular weight excluding hydrogens is 222 g/mol. The van der Waals surface area contributed by atoms with E-state index in [1.165, 1.54) is 10.8 Å². The molecule has 3 N–H and O–H groups in total. The zero-order valence-corrected chi connectivity index (χ0v) is 9.80. The van der Waals surface area contributed by atoms with Gasteiger partial charge in [-0.2, -0.15) is 0 Å². The van der Waals surface area contributed by atoms with Crippen LogP contribution in [0.3, 0.4) is 0 Å². The molecule has 3 aromatic rings. The van der Waals surface area contributed by atoms with Crippen molar-refractivity contribution in [1.29, 1.82) is 0 Å². The van der Waals surface area contributed by atoms with Crippen molar-refractivity contribution in [2.24, 2.45) is 5.84 Å². The number of nitrogens with zero attached hydrogens (tertiary/aromatic N) is 1. The molecule has 0 aliphatic rings. The molecule has 0 aliphatic heterocycles. The number of pyridine rings is 1. The van der Waals surface area contributed by atoms with Gasteiger partial charge in [-0.25, -0.2) is 0 Å². The number of hydrazine groups is 1. The summed E-state index contributed by atoms with van der Waals surface area (Å²) in [6, 6.07) is 18.3. The maximum atomic E-state index is 5.43. The molecular formula is C15H13N3. The molecule has 0 saturated heterocycles. The molecule has 3 rings (SSSR count). The van der Waals surface area contributed by atoms with Crippen LogP contribution in [0.1, 0.15) is 0 Å². The largest absolute Gasteiger partial charge is 0.324 e. The first-order valence-electron chi connectivity index (χ1n) is 5.79. The molecule has 2 aromatic carbocycles. The number of anilines is 1. The third-order valence-corrected chi connectivity index (χ3v) is 2.99. The number of hydrogen-bond donors (Lipinski definition) is 2. The standard InChI is InChI=1S/C15H13N3/c16-18-12-8-9-17-15(10-12)14-7-3-5-11-4-1-2-6-13(11)14/h1-10H,16H2,(H,17,18). The Labute approximate surface area is 105 Å². The molecule has 0 fully saturated rings. The Morgan fingerprint density at radius 2 is 1.78 bits per heavy atom. The third kappa shape index (κ3) is 1.81. The van der Waals surface area contributed by atoms with Crippen molar-refractivity contribution in [1.82, 2.24) is 4.98 Å². The maximum Gasteiger partial charge on any atom is 0.0729 e. The molecule has 88 valence electrons. The van der Waals surface area contributed by atoms with Crippen LogP contribution in [-0.2, 0) is 0 Å². The van der Waals surface area contributed by atoms with Gasteiger partial charge in [-0.15, -0.1) is 0 Å². The minimum atomic E-state index is 0.855. The summed E-state index contributed by atoms with van der Waals surface area (Å²) in [6.45, 7) is 0. The lowest BCUT2D eigenvalue weighted by Gasteiger charge is -2.07. The molecule has 0 spiro atoms. The molecule has 0 amide bonds. The van der Waals surface area contributed by atoms with Crippen LogP contribution in [0, 0.1) is 0 Å². The van der Waals surface area contributed by atoms with Crippen molar-refractivity contribution in [3.8, 4) is 11.3 Å². The van der Waals surface area contributed by atoms with Crippen LogP contribution in [0.2, 0.25) is 0 Å². The summed E-state index contributed by atoms with van der Waals surface area (Å²) in [5.74, 6) is 5.43. The summed E-state index contributed by atoms with van der Waals surface area (Å²) in [4.78, 5) is 4.41. The Bertz CT molecular complexity index is 687. The van der Waals surface area contributed by atoms with E-state index in [0.29, 0.717) is 0 Å². The molecule has 3 heteroatoms. The Balaban J connectivity index is 2.24. The first-order valence-corrected chi connectivity index (χ1v) is 5.79. The fraction of sp³-hybridized carbons (Fsp3) is 0. The van der Waals surface area contributed by atoms with E-state index in [1.54, 1.807) is 6.20 Å². The Morgan fingerprint density at radius 1 is 0.944 bits per heavy atom. The fourth-order valence-corrected chi connectivity index (χ4v) is 2.12. The summed E-state index contributed by atoms with van der Waals surface area (Å²) in [5.41, 5.74) is 5.53. The van der Waals surface area contributed by atoms with E-state index >= 15 is 0 Å². The minimum absolute atomic E-state index is 0.855. The van der Waals surface area contributed by atoms with Crippen LogP contribution in [0.5, 0.6) is 0 Å². The minimum Gasteiger partial charge on any atom is -0.324 e. The number of rotatable bonds is 2. The summed E-state index contributed by atoms with van der Waals surface area (Å²) >= 11 is 0. The van der Waals surface area contributed by atoms with Crippen LogP contribution in [0.15, 0.2) is 60.8 Å². The highest BCUT2D eigenvalue weighted by Gasteiger charge is 2.04. The number of fused-ring (bicyclic) bond motifs is 1. The number of aromatic nitrogens is 1. The highest BCUT2D eigenvalue weighted by Crippen LogP contribution is 2.28. The van der Waals surface area contributed by atoms with Crippen LogP contribution >= 0.6 is 0 Å². The van der Waals surface area contributed by atoms with Crippen molar-refractivity contribution in [2.75, 3.05) is 5.43 Å². The topological polar surface area (TPSA) is 50.9 Å². The van der Waals surface area contributed by atoms with Gasteiger partial charge >= 0.3 is 0 Å². The first-order chi connectivity index (χ1) is 8.88. The third-order valence-electron chi connectivity index (χ3n) is 2.99. The second kappa shape index (κ2) is 4.47. The van der Waals surface area contributed by atoms with E-state index in [4.69, 9.17) is 5.84 Å². The summed E-state index contributed by atoms with van der Waals surface area (Å²) in [7, 11) is 0. The second-order valence-electron chi connectivity index (χ2n) is 4.10. The van der Waals surface area contributed by atoms with Crippen molar-refractivity contribution in [2.45, 2.75) is 0 Å². The van der Waals surface area contributed by atoms with E-state index in [-0.39, 0.29) is 0 Å². The zero-order valence-electron chi connectivity index (χ0n) is 9.80. The molecule has 0 aliphatic carbocycles. The van der Waals surface area contributed by atoms with E-state index in [1.807, 2.05) is 30.3 Å². The highest BCUT2D eigenvalue weighted by molar-refractivity contribution is 5.96. The van der Waals surface area contributed by atoms with Gasteiger partial charge in [-0.05, 0) is 22.9 Å². The zero-order chi connectivity index (χ0) is 12.4. The maximum absolute atomic E-state index is 5.43. The van der Waals surface area contributed by atoms with E-state index in [0.717, 1.165) is 16.9 Å². The molecule has 0 radical (unpaired) electrons. The fourth-order valence-electron chi connectivity index (χ4n) is 2.12. The monoisotopic (exact) mass is 235 g/mol. The summed E-state index contributed by atoms with van der Waals surface area (Å²) in [5, 5.41) is 2.41. The average Bonchev–Trinajstić information content (AvgIpc) is 2.47. The molecule has 0 bridgehead atoms. The van der Waals surface area contributed by atoms with Crippen molar-refractivity contribution >= 4 is 16.5 Å².